The Morgan fingerprint density at radius 1 is 0.577 bits per heavy atom. The summed E-state index contributed by atoms with van der Waals surface area (Å²) in [5.74, 6) is -9.72. The van der Waals surface area contributed by atoms with Crippen LogP contribution in [0.1, 0.15) is 137 Å². The standard InChI is InChI=1S/C86H123N23O19S2/c1-124-65-37-46(38-66(125-2)74(65)113)71-51-39-63-64(128-45-127-63)40-52(51)73(53-43-126-84(123)72(53)71)101-49-23-21-48(22-24-49)100-69(111)26-34-109-70(112)41-67(83(109)122)130-44-54(90)76(115)96-33-25-68(110)102-57(19-12-31-97-85(92)93)77(116)105-60(20-13-32-98-86(94)95)79(118)107-61(27-35-129-3)81(120)104-59(18-8-11-30-89)80(119)108-62(36-47-42-99-55-15-5-4-14-50(47)55)82(121)106-58(17-7-10-29-88)78(117)103-56(75(91)114)16-6-9-28-87/h4-5,14-15,21-24,37-42,53-54,56-62,71-73,99,101,112-113,122H,6-13,16-20,25-36,43-45,87-90H2,1-3H3,(H2,91,114)(H,96,115)(H,100,111)(H,102,110)(H,103,117)(H,104,120)(H,105,116)(H,106,121)(H,107,118)(H,108,119)(H4,92,93,97)(H4,94,95,98)/t53-,54-,56-,57-,58-,59-,60-,61-,62-,71+,72-,73+/m0/s1. The number of carbonyl (C=O) groups is 11. The lowest BCUT2D eigenvalue weighted by Gasteiger charge is -2.40. The highest BCUT2D eigenvalue weighted by molar-refractivity contribution is 7.99. The van der Waals surface area contributed by atoms with E-state index in [0.29, 0.717) is 84.8 Å². The largest absolute Gasteiger partial charge is 0.502 e. The number of nitrogens with zero attached hydrogens (tertiary/aromatic N) is 1. The van der Waals surface area contributed by atoms with Crippen molar-refractivity contribution in [2.75, 3.05) is 95.3 Å². The Morgan fingerprint density at radius 3 is 1.63 bits per heavy atom. The van der Waals surface area contributed by atoms with Gasteiger partial charge in [0.15, 0.2) is 40.8 Å². The Morgan fingerprint density at radius 2 is 1.08 bits per heavy atom. The average Bonchev–Trinajstić information content (AvgIpc) is 1.48. The van der Waals surface area contributed by atoms with E-state index in [9.17, 15) is 68.1 Å². The molecule has 9 rings (SSSR count). The monoisotopic (exact) mass is 1850 g/mol. The molecule has 4 heterocycles. The Hall–Kier alpha value is -12.7. The summed E-state index contributed by atoms with van der Waals surface area (Å²) < 4.78 is 29.5. The third-order valence-corrected chi connectivity index (χ3v) is 24.3. The Balaban J connectivity index is 0.796. The molecule has 0 bridgehead atoms. The number of aromatic nitrogens is 2. The molecule has 708 valence electrons. The van der Waals surface area contributed by atoms with Crippen LogP contribution in [0.15, 0.2) is 90.0 Å². The van der Waals surface area contributed by atoms with Crippen molar-refractivity contribution in [3.05, 3.63) is 107 Å². The normalized spacial score (nSPS) is 16.5. The first kappa shape index (κ1) is 101. The highest BCUT2D eigenvalue weighted by atomic mass is 32.2. The second-order valence-electron chi connectivity index (χ2n) is 31.8. The van der Waals surface area contributed by atoms with Crippen LogP contribution in [-0.4, -0.2) is 235 Å². The minimum Gasteiger partial charge on any atom is -0.502 e. The zero-order valence-corrected chi connectivity index (χ0v) is 74.6. The maximum atomic E-state index is 14.9. The number of cyclic esters (lactones) is 1. The van der Waals surface area contributed by atoms with Crippen molar-refractivity contribution in [2.24, 2.45) is 52.0 Å². The number of amides is 10. The summed E-state index contributed by atoms with van der Waals surface area (Å²) in [6.45, 7) is 0.648. The first-order valence-corrected chi connectivity index (χ1v) is 45.6. The molecule has 1 fully saturated rings. The van der Waals surface area contributed by atoms with Crippen molar-refractivity contribution < 1.29 is 91.7 Å². The van der Waals surface area contributed by atoms with Crippen molar-refractivity contribution in [1.82, 2.24) is 62.7 Å². The van der Waals surface area contributed by atoms with Crippen LogP contribution >= 0.6 is 23.5 Å². The molecular weight excluding hydrogens is 1720 g/mol. The van der Waals surface area contributed by atoms with Crippen LogP contribution in [0.5, 0.6) is 40.5 Å². The summed E-state index contributed by atoms with van der Waals surface area (Å²) in [4.78, 5) is 158. The van der Waals surface area contributed by atoms with E-state index >= 15 is 0 Å². The number of thioether (sulfide) groups is 2. The average molecular weight is 1850 g/mol. The van der Waals surface area contributed by atoms with Crippen LogP contribution < -0.4 is 123 Å². The number of primary amides is 1. The number of anilines is 2. The number of H-pyrrole nitrogens is 1. The van der Waals surface area contributed by atoms with Gasteiger partial charge in [-0.2, -0.15) is 11.8 Å². The van der Waals surface area contributed by atoms with E-state index in [1.54, 1.807) is 54.9 Å². The summed E-state index contributed by atoms with van der Waals surface area (Å²) in [6, 6.07) is 11.6. The highest BCUT2D eigenvalue weighted by Gasteiger charge is 2.53. The van der Waals surface area contributed by atoms with Gasteiger partial charge >= 0.3 is 5.97 Å². The summed E-state index contributed by atoms with van der Waals surface area (Å²) in [7, 11) is 2.84. The van der Waals surface area contributed by atoms with Crippen LogP contribution in [0.25, 0.3) is 10.9 Å². The lowest BCUT2D eigenvalue weighted by molar-refractivity contribution is -0.141. The van der Waals surface area contributed by atoms with Crippen LogP contribution in [0.3, 0.4) is 0 Å². The molecular formula is C86H123N23O19S2. The molecule has 32 N–H and O–H groups in total. The van der Waals surface area contributed by atoms with E-state index in [2.05, 4.69) is 68.8 Å². The number of ether oxygens (including phenoxy) is 5. The second-order valence-corrected chi connectivity index (χ2v) is 33.8. The summed E-state index contributed by atoms with van der Waals surface area (Å²) in [5, 5.41) is 82.7. The molecule has 2 aliphatic heterocycles. The smallest absolute Gasteiger partial charge is 0.310 e. The number of nitrogens with one attached hydrogen (secondary N) is 15. The van der Waals surface area contributed by atoms with Gasteiger partial charge in [-0.1, -0.05) is 18.2 Å². The molecule has 2 aromatic heterocycles. The summed E-state index contributed by atoms with van der Waals surface area (Å²) >= 11 is 2.28. The number of para-hydroxylation sites is 1. The van der Waals surface area contributed by atoms with Crippen LogP contribution in [0, 0.1) is 22.7 Å². The topological polar surface area (TPSA) is 690 Å². The van der Waals surface area contributed by atoms with E-state index in [4.69, 9.17) is 74.6 Å². The summed E-state index contributed by atoms with van der Waals surface area (Å²) in [6.07, 6.45) is 5.80. The van der Waals surface area contributed by atoms with E-state index < -0.39 is 137 Å². The number of aromatic hydroxyl groups is 3. The molecule has 0 unspecified atom stereocenters. The Labute approximate surface area is 760 Å². The van der Waals surface area contributed by atoms with Crippen molar-refractivity contribution in [1.29, 1.82) is 10.8 Å². The molecule has 44 heteroatoms. The number of rotatable bonds is 55. The molecule has 3 aliphatic rings. The van der Waals surface area contributed by atoms with Crippen molar-refractivity contribution in [2.45, 2.75) is 181 Å². The van der Waals surface area contributed by atoms with Gasteiger partial charge in [0.05, 0.1) is 43.7 Å². The number of fused-ring (bicyclic) bond motifs is 4. The molecule has 6 aromatic rings. The number of benzene rings is 4. The molecule has 130 heavy (non-hydrogen) atoms. The fourth-order valence-corrected chi connectivity index (χ4v) is 17.1. The van der Waals surface area contributed by atoms with Crippen LogP contribution in [0.4, 0.5) is 11.4 Å². The quantitative estimate of drug-likeness (QED) is 0.00820. The Kier molecular flexibility index (Phi) is 39.2. The zero-order valence-electron chi connectivity index (χ0n) is 73.0. The van der Waals surface area contributed by atoms with Gasteiger partial charge in [-0.15, -0.1) is 11.8 Å². The number of guanidine groups is 2. The molecule has 1 aliphatic carbocycles. The molecule has 12 atom stereocenters. The van der Waals surface area contributed by atoms with Gasteiger partial charge in [0, 0.05) is 97.6 Å². The molecule has 42 nitrogen and oxygen atoms in total. The van der Waals surface area contributed by atoms with E-state index in [0.717, 1.165) is 38.4 Å². The van der Waals surface area contributed by atoms with Gasteiger partial charge < -0.3 is 148 Å². The minimum atomic E-state index is -1.42. The van der Waals surface area contributed by atoms with E-state index in [1.165, 1.54) is 32.0 Å². The number of carbonyl (C=O) groups excluding carboxylic acids is 11. The maximum absolute atomic E-state index is 14.9. The molecule has 10 amide bonds. The molecule has 1 saturated heterocycles. The number of esters is 1. The first-order valence-electron chi connectivity index (χ1n) is 43.2. The van der Waals surface area contributed by atoms with Crippen LogP contribution in [-0.2, 0) is 70.4 Å². The van der Waals surface area contributed by atoms with E-state index in [-0.39, 0.29) is 175 Å². The lowest BCUT2D eigenvalue weighted by Crippen LogP contribution is -2.60. The van der Waals surface area contributed by atoms with Crippen molar-refractivity contribution in [3.8, 4) is 40.5 Å². The number of phenols is 1. The number of hydrogen-bond acceptors (Lipinski definition) is 28. The highest BCUT2D eigenvalue weighted by Crippen LogP contribution is 2.56. The van der Waals surface area contributed by atoms with E-state index in [1.807, 2.05) is 30.3 Å². The second kappa shape index (κ2) is 50.3. The molecule has 4 aromatic carbocycles. The number of methoxy groups -OCH3 is 2. The summed E-state index contributed by atoms with van der Waals surface area (Å²) in [5.41, 5.74) is 45.2. The van der Waals surface area contributed by atoms with Gasteiger partial charge in [-0.05, 0) is 198 Å². The maximum Gasteiger partial charge on any atom is 0.310 e. The fourth-order valence-electron chi connectivity index (χ4n) is 15.7. The molecule has 0 spiro atoms. The van der Waals surface area contributed by atoms with Crippen molar-refractivity contribution in [3.63, 3.8) is 0 Å². The SMILES string of the molecule is COc1cc([C@@H]2c3cc4c(cc3[C@@H](Nc3ccc(NC(=O)CCn5c(O)cc(SC[C@H](N)C(=O)NCCC(=O)N[C@@H](CCCNC(=N)N)C(=O)N[C@@H](CCCNC(=N)N)C(=O)N[C@@H](CCSC)C(=O)N[C@@H](CCCCN)C(=O)N[C@@H](Cc6c[nH]c7ccccc67)C(=O)N[C@@H](CCCCN)C(=O)N[C@@H](CCCCN)C(N)=O)c5O)cc3)[C@H]3COC(=O)[C@H]23)OCO4)cc(OC)c1O. The Bertz CT molecular complexity index is 4900. The van der Waals surface area contributed by atoms with Crippen molar-refractivity contribution >= 4 is 123 Å². The first-order chi connectivity index (χ1) is 62.5. The predicted octanol–water partition coefficient (Wildman–Crippen LogP) is 0.663. The van der Waals surface area contributed by atoms with Crippen LogP contribution in [0.2, 0.25) is 0 Å². The van der Waals surface area contributed by atoms with Gasteiger partial charge in [0.1, 0.15) is 42.3 Å². The zero-order chi connectivity index (χ0) is 94.1. The number of hydrogen-bond donors (Lipinski definition) is 25. The number of nitrogens with two attached hydrogens (primary N) is 7. The van der Waals surface area contributed by atoms with Gasteiger partial charge in [-0.3, -0.25) is 68.1 Å². The van der Waals surface area contributed by atoms with Gasteiger partial charge in [0.25, 0.3) is 0 Å². The molecule has 0 radical (unpaired) electrons. The fraction of sp³-hybridized carbons (Fsp3) is 0.500. The number of aromatic amines is 1. The van der Waals surface area contributed by atoms with Gasteiger partial charge in [0.2, 0.25) is 77.5 Å². The third kappa shape index (κ3) is 28.7. The number of unbranched alkanes of at least 4 members (excludes halogenated alkanes) is 3. The molecule has 0 saturated carbocycles. The third-order valence-electron chi connectivity index (χ3n) is 22.5. The van der Waals surface area contributed by atoms with Gasteiger partial charge in [-0.25, -0.2) is 0 Å². The lowest BCUT2D eigenvalue weighted by atomic mass is 9.65. The number of phenolic OH excluding ortho intramolecular Hbond substituents is 1. The predicted molar refractivity (Wildman–Crippen MR) is 488 cm³/mol. The minimum absolute atomic E-state index is 0.00219.